The summed E-state index contributed by atoms with van der Waals surface area (Å²) in [5, 5.41) is 7.51. The Labute approximate surface area is 163 Å². The summed E-state index contributed by atoms with van der Waals surface area (Å²) in [6.07, 6.45) is 9.42. The van der Waals surface area contributed by atoms with Crippen LogP contribution in [0, 0.1) is 0 Å². The lowest BCUT2D eigenvalue weighted by Gasteiger charge is -2.03. The van der Waals surface area contributed by atoms with Crippen molar-refractivity contribution in [3.63, 3.8) is 0 Å². The van der Waals surface area contributed by atoms with Crippen molar-refractivity contribution >= 4 is 0 Å². The predicted octanol–water partition coefficient (Wildman–Crippen LogP) is 6.19. The maximum Gasteiger partial charge on any atom is 0.0995 e. The van der Waals surface area contributed by atoms with Gasteiger partial charge in [-0.2, -0.15) is 5.10 Å². The molecule has 0 unspecified atom stereocenters. The third-order valence-electron chi connectivity index (χ3n) is 5.25. The van der Waals surface area contributed by atoms with E-state index in [0.717, 1.165) is 17.3 Å². The first-order chi connectivity index (χ1) is 13.0. The van der Waals surface area contributed by atoms with Crippen molar-refractivity contribution < 1.29 is 0 Å². The summed E-state index contributed by atoms with van der Waals surface area (Å²) in [5.74, 6) is 1.80. The molecule has 1 aromatic carbocycles. The number of hydrogen-bond donors (Lipinski definition) is 1. The van der Waals surface area contributed by atoms with Crippen LogP contribution < -0.4 is 0 Å². The van der Waals surface area contributed by atoms with Crippen molar-refractivity contribution in [2.75, 3.05) is 0 Å². The molecule has 0 spiro atoms. The molecule has 0 bridgehead atoms. The number of aromatic nitrogens is 4. The lowest BCUT2D eigenvalue weighted by Crippen LogP contribution is -1.91. The standard InChI is InChI=1S/C12H14N2.C11H18N2/c1-10(2)12-8-14(9-13-12)11-6-4-3-5-7-11;1-8(2)10-7-11(13-12-10)9-5-3-4-6-9/h3-10H,1-2H3;7-9H,3-6H2,1-2H3,(H,12,13). The second-order valence-corrected chi connectivity index (χ2v) is 8.08. The van der Waals surface area contributed by atoms with Crippen molar-refractivity contribution in [3.05, 3.63) is 66.0 Å². The number of nitrogens with zero attached hydrogens (tertiary/aromatic N) is 3. The molecule has 0 amide bonds. The molecule has 1 saturated carbocycles. The van der Waals surface area contributed by atoms with E-state index in [2.05, 4.69) is 71.8 Å². The minimum atomic E-state index is 0.486. The van der Waals surface area contributed by atoms with Gasteiger partial charge < -0.3 is 4.57 Å². The van der Waals surface area contributed by atoms with Crippen LogP contribution in [0.4, 0.5) is 0 Å². The van der Waals surface area contributed by atoms with Crippen LogP contribution >= 0.6 is 0 Å². The number of rotatable bonds is 4. The van der Waals surface area contributed by atoms with E-state index in [-0.39, 0.29) is 0 Å². The van der Waals surface area contributed by atoms with Crippen LogP contribution in [0.25, 0.3) is 5.69 Å². The van der Waals surface area contributed by atoms with Gasteiger partial charge in [-0.25, -0.2) is 4.98 Å². The van der Waals surface area contributed by atoms with Gasteiger partial charge in [-0.1, -0.05) is 58.7 Å². The molecule has 27 heavy (non-hydrogen) atoms. The van der Waals surface area contributed by atoms with Gasteiger partial charge in [0.25, 0.3) is 0 Å². The van der Waals surface area contributed by atoms with Gasteiger partial charge in [0, 0.05) is 23.5 Å². The first-order valence-electron chi connectivity index (χ1n) is 10.2. The number of benzene rings is 1. The van der Waals surface area contributed by atoms with Crippen molar-refractivity contribution in [1.82, 2.24) is 19.7 Å². The van der Waals surface area contributed by atoms with E-state index >= 15 is 0 Å². The highest BCUT2D eigenvalue weighted by Gasteiger charge is 2.19. The van der Waals surface area contributed by atoms with Crippen LogP contribution in [0.15, 0.2) is 48.9 Å². The Balaban J connectivity index is 0.000000156. The van der Waals surface area contributed by atoms with Crippen molar-refractivity contribution in [2.45, 2.75) is 71.1 Å². The Kier molecular flexibility index (Phi) is 6.49. The van der Waals surface area contributed by atoms with Crippen LogP contribution in [-0.2, 0) is 0 Å². The van der Waals surface area contributed by atoms with E-state index in [9.17, 15) is 0 Å². The van der Waals surface area contributed by atoms with E-state index < -0.39 is 0 Å². The van der Waals surface area contributed by atoms with E-state index in [0.29, 0.717) is 11.8 Å². The highest BCUT2D eigenvalue weighted by atomic mass is 15.1. The summed E-state index contributed by atoms with van der Waals surface area (Å²) in [5.41, 5.74) is 4.86. The minimum absolute atomic E-state index is 0.486. The van der Waals surface area contributed by atoms with Gasteiger partial charge in [0.05, 0.1) is 17.7 Å². The average molecular weight is 365 g/mol. The zero-order chi connectivity index (χ0) is 19.2. The van der Waals surface area contributed by atoms with E-state index in [1.165, 1.54) is 37.1 Å². The lowest BCUT2D eigenvalue weighted by molar-refractivity contribution is 0.692. The summed E-state index contributed by atoms with van der Waals surface area (Å²) in [6, 6.07) is 12.5. The first-order valence-corrected chi connectivity index (χ1v) is 10.2. The van der Waals surface area contributed by atoms with Gasteiger partial charge in [-0.3, -0.25) is 5.10 Å². The molecule has 1 fully saturated rings. The molecule has 0 atom stereocenters. The topological polar surface area (TPSA) is 46.5 Å². The molecule has 2 aromatic heterocycles. The molecule has 4 rings (SSSR count). The molecule has 1 aliphatic rings. The van der Waals surface area contributed by atoms with Crippen molar-refractivity contribution in [1.29, 1.82) is 0 Å². The van der Waals surface area contributed by atoms with Crippen LogP contribution in [0.3, 0.4) is 0 Å². The summed E-state index contributed by atoms with van der Waals surface area (Å²) < 4.78 is 2.05. The van der Waals surface area contributed by atoms with Gasteiger partial charge in [0.15, 0.2) is 0 Å². The quantitative estimate of drug-likeness (QED) is 0.600. The van der Waals surface area contributed by atoms with Gasteiger partial charge >= 0.3 is 0 Å². The Morgan fingerprint density at radius 2 is 1.63 bits per heavy atom. The Hall–Kier alpha value is -2.36. The third-order valence-corrected chi connectivity index (χ3v) is 5.25. The Morgan fingerprint density at radius 1 is 0.963 bits per heavy atom. The second-order valence-electron chi connectivity index (χ2n) is 8.08. The maximum absolute atomic E-state index is 4.36. The number of aromatic amines is 1. The number of imidazole rings is 1. The molecule has 1 N–H and O–H groups in total. The van der Waals surface area contributed by atoms with Gasteiger partial charge in [0.2, 0.25) is 0 Å². The summed E-state index contributed by atoms with van der Waals surface area (Å²) >= 11 is 0. The zero-order valence-corrected chi connectivity index (χ0v) is 17.0. The zero-order valence-electron chi connectivity index (χ0n) is 17.0. The molecule has 4 heteroatoms. The molecule has 0 aliphatic heterocycles. The predicted molar refractivity (Wildman–Crippen MR) is 112 cm³/mol. The maximum atomic E-state index is 4.36. The molecule has 0 radical (unpaired) electrons. The SMILES string of the molecule is CC(C)c1cc(C2CCCC2)[nH]n1.CC(C)c1cn(-c2ccccc2)cn1. The molecule has 2 heterocycles. The lowest BCUT2D eigenvalue weighted by atomic mass is 10.0. The monoisotopic (exact) mass is 364 g/mol. The highest BCUT2D eigenvalue weighted by Crippen LogP contribution is 2.33. The van der Waals surface area contributed by atoms with Crippen molar-refractivity contribution in [2.24, 2.45) is 0 Å². The smallest absolute Gasteiger partial charge is 0.0995 e. The van der Waals surface area contributed by atoms with Gasteiger partial charge in [0.1, 0.15) is 0 Å². The number of para-hydroxylation sites is 1. The second kappa shape index (κ2) is 9.03. The fraction of sp³-hybridized carbons (Fsp3) is 0.478. The summed E-state index contributed by atoms with van der Waals surface area (Å²) in [7, 11) is 0. The van der Waals surface area contributed by atoms with Crippen LogP contribution in [-0.4, -0.2) is 19.7 Å². The molecule has 144 valence electrons. The number of H-pyrrole nitrogens is 1. The normalized spacial score (nSPS) is 14.6. The van der Waals surface area contributed by atoms with Crippen LogP contribution in [0.2, 0.25) is 0 Å². The third kappa shape index (κ3) is 5.09. The molecular weight excluding hydrogens is 332 g/mol. The molecule has 0 saturated heterocycles. The number of hydrogen-bond acceptors (Lipinski definition) is 2. The molecular formula is C23H32N4. The fourth-order valence-electron chi connectivity index (χ4n) is 3.47. The highest BCUT2D eigenvalue weighted by molar-refractivity contribution is 5.31. The van der Waals surface area contributed by atoms with Crippen LogP contribution in [0.5, 0.6) is 0 Å². The first kappa shape index (κ1) is 19.4. The van der Waals surface area contributed by atoms with E-state index in [1.54, 1.807) is 0 Å². The summed E-state index contributed by atoms with van der Waals surface area (Å²) in [4.78, 5) is 4.36. The number of nitrogens with one attached hydrogen (secondary N) is 1. The van der Waals surface area contributed by atoms with E-state index in [4.69, 9.17) is 0 Å². The summed E-state index contributed by atoms with van der Waals surface area (Å²) in [6.45, 7) is 8.68. The van der Waals surface area contributed by atoms with Gasteiger partial charge in [-0.05, 0) is 42.9 Å². The molecule has 3 aromatic rings. The largest absolute Gasteiger partial charge is 0.306 e. The Morgan fingerprint density at radius 3 is 2.19 bits per heavy atom. The molecule has 4 nitrogen and oxygen atoms in total. The minimum Gasteiger partial charge on any atom is -0.306 e. The Bertz CT molecular complexity index is 808. The van der Waals surface area contributed by atoms with Crippen LogP contribution in [0.1, 0.15) is 88.2 Å². The molecule has 1 aliphatic carbocycles. The van der Waals surface area contributed by atoms with E-state index in [1.807, 2.05) is 24.5 Å². The average Bonchev–Trinajstić information content (AvgIpc) is 3.43. The fourth-order valence-corrected chi connectivity index (χ4v) is 3.47. The van der Waals surface area contributed by atoms with Gasteiger partial charge in [-0.15, -0.1) is 0 Å². The van der Waals surface area contributed by atoms with Crippen molar-refractivity contribution in [3.8, 4) is 5.69 Å².